The molecule has 0 spiro atoms. The fourth-order valence-corrected chi connectivity index (χ4v) is 1.38. The maximum Gasteiger partial charge on any atom is 0.573 e. The molecule has 0 bridgehead atoms. The van der Waals surface area contributed by atoms with Gasteiger partial charge in [0.1, 0.15) is 5.82 Å². The lowest BCUT2D eigenvalue weighted by Crippen LogP contribution is -2.17. The van der Waals surface area contributed by atoms with Crippen LogP contribution in [0.3, 0.4) is 0 Å². The zero-order chi connectivity index (χ0) is 11.9. The Morgan fingerprint density at radius 2 is 2.12 bits per heavy atom. The number of anilines is 1. The number of nitrogens with two attached hydrogens (primary N) is 1. The summed E-state index contributed by atoms with van der Waals surface area (Å²) >= 11 is 0. The number of pyridine rings is 1. The largest absolute Gasteiger partial charge is 0.573 e. The third kappa shape index (κ3) is 1.75. The van der Waals surface area contributed by atoms with Crippen molar-refractivity contribution in [1.29, 1.82) is 0 Å². The second-order valence-electron chi connectivity index (χ2n) is 3.20. The number of halogens is 3. The number of hydrogen-bond donors (Lipinski definition) is 1. The quantitative estimate of drug-likeness (QED) is 0.817. The van der Waals surface area contributed by atoms with Gasteiger partial charge in [-0.25, -0.2) is 4.98 Å². The molecule has 0 aliphatic heterocycles. The highest BCUT2D eigenvalue weighted by molar-refractivity contribution is 5.60. The predicted molar refractivity (Wildman–Crippen MR) is 51.0 cm³/mol. The monoisotopic (exact) mass is 231 g/mol. The fraction of sp³-hybridized carbons (Fsp3) is 0.222. The molecule has 0 fully saturated rings. The third-order valence-corrected chi connectivity index (χ3v) is 2.06. The van der Waals surface area contributed by atoms with E-state index in [9.17, 15) is 13.2 Å². The molecule has 4 nitrogen and oxygen atoms in total. The Labute approximate surface area is 88.4 Å². The molecule has 0 atom stereocenters. The van der Waals surface area contributed by atoms with Crippen molar-refractivity contribution in [1.82, 2.24) is 9.38 Å². The van der Waals surface area contributed by atoms with E-state index in [1.807, 2.05) is 0 Å². The number of aromatic nitrogens is 2. The normalized spacial score (nSPS) is 12.0. The van der Waals surface area contributed by atoms with Crippen LogP contribution in [0.15, 0.2) is 18.3 Å². The summed E-state index contributed by atoms with van der Waals surface area (Å²) in [6.45, 7) is 1.61. The SMILES string of the molecule is Cc1nc2c(OC(F)(F)F)cccn2c1N. The standard InChI is InChI=1S/C9H8F3N3O/c1-5-7(13)15-4-2-3-6(8(15)14-5)16-9(10,11)12/h2-4H,13H2,1H3. The third-order valence-electron chi connectivity index (χ3n) is 2.06. The van der Waals surface area contributed by atoms with Crippen molar-refractivity contribution in [2.45, 2.75) is 13.3 Å². The van der Waals surface area contributed by atoms with Gasteiger partial charge in [-0.05, 0) is 19.1 Å². The number of fused-ring (bicyclic) bond motifs is 1. The minimum atomic E-state index is -4.74. The molecule has 0 saturated heterocycles. The van der Waals surface area contributed by atoms with Crippen molar-refractivity contribution in [2.75, 3.05) is 5.73 Å². The van der Waals surface area contributed by atoms with E-state index in [0.29, 0.717) is 11.5 Å². The van der Waals surface area contributed by atoms with Crippen molar-refractivity contribution in [3.05, 3.63) is 24.0 Å². The lowest BCUT2D eigenvalue weighted by molar-refractivity contribution is -0.274. The van der Waals surface area contributed by atoms with Gasteiger partial charge >= 0.3 is 6.36 Å². The number of alkyl halides is 3. The summed E-state index contributed by atoms with van der Waals surface area (Å²) in [5.41, 5.74) is 6.14. The van der Waals surface area contributed by atoms with Crippen molar-refractivity contribution >= 4 is 11.5 Å². The van der Waals surface area contributed by atoms with Crippen molar-refractivity contribution < 1.29 is 17.9 Å². The highest BCUT2D eigenvalue weighted by atomic mass is 19.4. The van der Waals surface area contributed by atoms with Crippen LogP contribution in [-0.2, 0) is 0 Å². The van der Waals surface area contributed by atoms with Crippen LogP contribution in [0.25, 0.3) is 5.65 Å². The lowest BCUT2D eigenvalue weighted by Gasteiger charge is -2.09. The van der Waals surface area contributed by atoms with Gasteiger partial charge in [0, 0.05) is 6.20 Å². The zero-order valence-electron chi connectivity index (χ0n) is 8.25. The van der Waals surface area contributed by atoms with Gasteiger partial charge < -0.3 is 10.5 Å². The van der Waals surface area contributed by atoms with Gasteiger partial charge in [-0.2, -0.15) is 0 Å². The minimum Gasteiger partial charge on any atom is -0.402 e. The second kappa shape index (κ2) is 3.29. The maximum atomic E-state index is 12.1. The van der Waals surface area contributed by atoms with Crippen LogP contribution >= 0.6 is 0 Å². The van der Waals surface area contributed by atoms with Crippen LogP contribution in [-0.4, -0.2) is 15.7 Å². The highest BCUT2D eigenvalue weighted by Crippen LogP contribution is 2.28. The Kier molecular flexibility index (Phi) is 2.18. The Morgan fingerprint density at radius 1 is 1.44 bits per heavy atom. The summed E-state index contributed by atoms with van der Waals surface area (Å²) in [6, 6.07) is 2.60. The molecule has 0 saturated carbocycles. The number of rotatable bonds is 1. The van der Waals surface area contributed by atoms with E-state index in [0.717, 1.165) is 0 Å². The van der Waals surface area contributed by atoms with Gasteiger partial charge in [0.25, 0.3) is 0 Å². The summed E-state index contributed by atoms with van der Waals surface area (Å²) < 4.78 is 41.4. The summed E-state index contributed by atoms with van der Waals surface area (Å²) in [5.74, 6) is -0.0718. The molecule has 2 N–H and O–H groups in total. The van der Waals surface area contributed by atoms with Crippen LogP contribution in [0, 0.1) is 6.92 Å². The first-order valence-corrected chi connectivity index (χ1v) is 4.37. The smallest absolute Gasteiger partial charge is 0.402 e. The first-order valence-electron chi connectivity index (χ1n) is 4.37. The Morgan fingerprint density at radius 3 is 2.75 bits per heavy atom. The molecule has 2 aromatic rings. The van der Waals surface area contributed by atoms with E-state index in [-0.39, 0.29) is 11.4 Å². The lowest BCUT2D eigenvalue weighted by atomic mass is 10.4. The average Bonchev–Trinajstić information content (AvgIpc) is 2.43. The molecule has 7 heteroatoms. The molecule has 0 aliphatic carbocycles. The van der Waals surface area contributed by atoms with E-state index in [2.05, 4.69) is 9.72 Å². The molecule has 0 aliphatic rings. The van der Waals surface area contributed by atoms with E-state index >= 15 is 0 Å². The van der Waals surface area contributed by atoms with Crippen molar-refractivity contribution in [3.8, 4) is 5.75 Å². The molecule has 0 unspecified atom stereocenters. The maximum absolute atomic E-state index is 12.1. The molecule has 2 aromatic heterocycles. The number of nitrogens with zero attached hydrogens (tertiary/aromatic N) is 2. The van der Waals surface area contributed by atoms with Gasteiger partial charge in [0.2, 0.25) is 0 Å². The van der Waals surface area contributed by atoms with E-state index < -0.39 is 6.36 Å². The van der Waals surface area contributed by atoms with Crippen LogP contribution in [0.4, 0.5) is 19.0 Å². The van der Waals surface area contributed by atoms with Gasteiger partial charge in [0.15, 0.2) is 11.4 Å². The van der Waals surface area contributed by atoms with Crippen molar-refractivity contribution in [3.63, 3.8) is 0 Å². The number of hydrogen-bond acceptors (Lipinski definition) is 3. The number of nitrogen functional groups attached to an aromatic ring is 1. The zero-order valence-corrected chi connectivity index (χ0v) is 8.25. The van der Waals surface area contributed by atoms with Gasteiger partial charge in [-0.15, -0.1) is 13.2 Å². The van der Waals surface area contributed by atoms with Crippen LogP contribution in [0.2, 0.25) is 0 Å². The second-order valence-corrected chi connectivity index (χ2v) is 3.20. The molecule has 2 rings (SSSR count). The number of aryl methyl sites for hydroxylation is 1. The van der Waals surface area contributed by atoms with E-state index in [1.54, 1.807) is 6.92 Å². The predicted octanol–water partition coefficient (Wildman–Crippen LogP) is 2.12. The van der Waals surface area contributed by atoms with Crippen LogP contribution in [0.5, 0.6) is 5.75 Å². The molecule has 16 heavy (non-hydrogen) atoms. The Hall–Kier alpha value is -1.92. The Bertz CT molecular complexity index is 533. The molecule has 2 heterocycles. The fourth-order valence-electron chi connectivity index (χ4n) is 1.38. The van der Waals surface area contributed by atoms with Gasteiger partial charge in [-0.3, -0.25) is 4.40 Å². The summed E-state index contributed by atoms with van der Waals surface area (Å²) in [6.07, 6.45) is -3.22. The average molecular weight is 231 g/mol. The van der Waals surface area contributed by atoms with Crippen molar-refractivity contribution in [2.24, 2.45) is 0 Å². The molecular weight excluding hydrogens is 223 g/mol. The molecule has 0 aromatic carbocycles. The van der Waals surface area contributed by atoms with Crippen LogP contribution in [0.1, 0.15) is 5.69 Å². The van der Waals surface area contributed by atoms with Gasteiger partial charge in [0.05, 0.1) is 5.69 Å². The summed E-state index contributed by atoms with van der Waals surface area (Å²) in [4.78, 5) is 3.91. The number of imidazole rings is 1. The molecular formula is C9H8F3N3O. The van der Waals surface area contributed by atoms with E-state index in [1.165, 1.54) is 22.7 Å². The molecule has 0 amide bonds. The van der Waals surface area contributed by atoms with Gasteiger partial charge in [-0.1, -0.05) is 0 Å². The Balaban J connectivity index is 2.58. The first kappa shape index (κ1) is 10.6. The molecule has 0 radical (unpaired) electrons. The van der Waals surface area contributed by atoms with Crippen LogP contribution < -0.4 is 10.5 Å². The number of ether oxygens (including phenoxy) is 1. The summed E-state index contributed by atoms with van der Waals surface area (Å²) in [5, 5.41) is 0. The topological polar surface area (TPSA) is 52.5 Å². The van der Waals surface area contributed by atoms with E-state index in [4.69, 9.17) is 5.73 Å². The summed E-state index contributed by atoms with van der Waals surface area (Å²) in [7, 11) is 0. The highest BCUT2D eigenvalue weighted by Gasteiger charge is 2.32. The minimum absolute atomic E-state index is 0.0508. The first-order chi connectivity index (χ1) is 7.38. The molecule has 86 valence electrons.